The van der Waals surface area contributed by atoms with Gasteiger partial charge in [-0.3, -0.25) is 0 Å². The Labute approximate surface area is 66.1 Å². The molecular formula is C9H12FN. The summed E-state index contributed by atoms with van der Waals surface area (Å²) in [6, 6.07) is 0. The summed E-state index contributed by atoms with van der Waals surface area (Å²) in [6.45, 7) is 0.518. The number of rotatable bonds is 2. The maximum absolute atomic E-state index is 13.0. The summed E-state index contributed by atoms with van der Waals surface area (Å²) >= 11 is 0. The van der Waals surface area contributed by atoms with Gasteiger partial charge in [-0.1, -0.05) is 18.2 Å². The molecule has 1 aliphatic rings. The number of nitrogens with two attached hydrogens (primary N) is 1. The lowest BCUT2D eigenvalue weighted by Gasteiger charge is -2.00. The lowest BCUT2D eigenvalue weighted by molar-refractivity contribution is 0.641. The van der Waals surface area contributed by atoms with Crippen molar-refractivity contribution in [2.75, 3.05) is 6.54 Å². The first-order valence-corrected chi connectivity index (χ1v) is 3.75. The molecule has 0 aromatic heterocycles. The van der Waals surface area contributed by atoms with Crippen LogP contribution in [0.1, 0.15) is 12.8 Å². The van der Waals surface area contributed by atoms with Crippen LogP contribution in [0.4, 0.5) is 4.39 Å². The van der Waals surface area contributed by atoms with Gasteiger partial charge in [-0.2, -0.15) is 0 Å². The largest absolute Gasteiger partial charge is 0.330 e. The average Bonchev–Trinajstić information content (AvgIpc) is 2.18. The molecule has 0 radical (unpaired) electrons. The first-order valence-electron chi connectivity index (χ1n) is 3.75. The van der Waals surface area contributed by atoms with Gasteiger partial charge < -0.3 is 5.73 Å². The molecule has 0 saturated heterocycles. The Kier molecular flexibility index (Phi) is 3.05. The highest BCUT2D eigenvalue weighted by molar-refractivity contribution is 5.28. The summed E-state index contributed by atoms with van der Waals surface area (Å²) in [4.78, 5) is 0. The van der Waals surface area contributed by atoms with E-state index in [2.05, 4.69) is 0 Å². The zero-order valence-corrected chi connectivity index (χ0v) is 6.39. The zero-order chi connectivity index (χ0) is 8.10. The second-order valence-electron chi connectivity index (χ2n) is 2.48. The minimum absolute atomic E-state index is 0.125. The average molecular weight is 153 g/mol. The molecule has 0 amide bonds. The van der Waals surface area contributed by atoms with Gasteiger partial charge in [-0.25, -0.2) is 4.39 Å². The van der Waals surface area contributed by atoms with Gasteiger partial charge in [0.05, 0.1) is 0 Å². The Hall–Kier alpha value is -0.890. The highest BCUT2D eigenvalue weighted by atomic mass is 19.1. The minimum atomic E-state index is -0.125. The summed E-state index contributed by atoms with van der Waals surface area (Å²) in [7, 11) is 0. The molecule has 60 valence electrons. The van der Waals surface area contributed by atoms with Gasteiger partial charge in [0, 0.05) is 0 Å². The van der Waals surface area contributed by atoms with E-state index in [1.165, 1.54) is 6.08 Å². The van der Waals surface area contributed by atoms with Gasteiger partial charge in [0.2, 0.25) is 0 Å². The number of halogens is 1. The van der Waals surface area contributed by atoms with E-state index in [0.717, 1.165) is 5.57 Å². The molecule has 0 heterocycles. The molecule has 2 N–H and O–H groups in total. The van der Waals surface area contributed by atoms with E-state index in [9.17, 15) is 4.39 Å². The van der Waals surface area contributed by atoms with Crippen LogP contribution in [0.25, 0.3) is 0 Å². The third kappa shape index (κ3) is 2.31. The molecule has 0 aliphatic heterocycles. The summed E-state index contributed by atoms with van der Waals surface area (Å²) in [5, 5.41) is 0. The molecule has 0 aromatic carbocycles. The molecule has 0 saturated carbocycles. The van der Waals surface area contributed by atoms with Crippen molar-refractivity contribution >= 4 is 0 Å². The van der Waals surface area contributed by atoms with Crippen LogP contribution >= 0.6 is 0 Å². The Bertz CT molecular complexity index is 214. The standard InChI is InChI=1S/C9H12FN/c10-9-5-3-1-2-4-8(9)6-7-11/h1-3,5H,4,6-7,11H2. The fourth-order valence-corrected chi connectivity index (χ4v) is 1.04. The molecule has 0 bridgehead atoms. The van der Waals surface area contributed by atoms with E-state index in [0.29, 0.717) is 19.4 Å². The van der Waals surface area contributed by atoms with E-state index in [4.69, 9.17) is 5.73 Å². The third-order valence-electron chi connectivity index (χ3n) is 1.64. The molecule has 0 spiro atoms. The van der Waals surface area contributed by atoms with Crippen molar-refractivity contribution in [2.45, 2.75) is 12.8 Å². The Morgan fingerprint density at radius 3 is 3.00 bits per heavy atom. The third-order valence-corrected chi connectivity index (χ3v) is 1.64. The summed E-state index contributed by atoms with van der Waals surface area (Å²) in [5.74, 6) is -0.125. The molecule has 0 unspecified atom stereocenters. The van der Waals surface area contributed by atoms with Crippen LogP contribution < -0.4 is 5.73 Å². The summed E-state index contributed by atoms with van der Waals surface area (Å²) < 4.78 is 13.0. The lowest BCUT2D eigenvalue weighted by atomic mass is 10.1. The van der Waals surface area contributed by atoms with Gasteiger partial charge in [0.15, 0.2) is 0 Å². The normalized spacial score (nSPS) is 17.3. The maximum atomic E-state index is 13.0. The fraction of sp³-hybridized carbons (Fsp3) is 0.333. The SMILES string of the molecule is NCCC1=C(F)C=CC=CC1. The predicted molar refractivity (Wildman–Crippen MR) is 44.7 cm³/mol. The smallest absolute Gasteiger partial charge is 0.122 e. The molecule has 1 rings (SSSR count). The van der Waals surface area contributed by atoms with Crippen molar-refractivity contribution in [2.24, 2.45) is 5.73 Å². The van der Waals surface area contributed by atoms with Crippen molar-refractivity contribution in [3.05, 3.63) is 35.7 Å². The highest BCUT2D eigenvalue weighted by Crippen LogP contribution is 2.18. The molecule has 0 aromatic rings. The predicted octanol–water partition coefficient (Wildman–Crippen LogP) is 2.07. The highest BCUT2D eigenvalue weighted by Gasteiger charge is 2.02. The Balaban J connectivity index is 2.71. The van der Waals surface area contributed by atoms with Crippen LogP contribution in [0.2, 0.25) is 0 Å². The van der Waals surface area contributed by atoms with E-state index in [1.54, 1.807) is 6.08 Å². The minimum Gasteiger partial charge on any atom is -0.330 e. The van der Waals surface area contributed by atoms with E-state index < -0.39 is 0 Å². The van der Waals surface area contributed by atoms with Gasteiger partial charge in [-0.05, 0) is 31.0 Å². The zero-order valence-electron chi connectivity index (χ0n) is 6.39. The Morgan fingerprint density at radius 1 is 1.45 bits per heavy atom. The molecule has 2 heteroatoms. The van der Waals surface area contributed by atoms with Crippen LogP contribution in [0.3, 0.4) is 0 Å². The lowest BCUT2D eigenvalue weighted by Crippen LogP contribution is -2.00. The number of hydrogen-bond donors (Lipinski definition) is 1. The molecule has 1 aliphatic carbocycles. The van der Waals surface area contributed by atoms with Gasteiger partial charge >= 0.3 is 0 Å². The van der Waals surface area contributed by atoms with Crippen molar-refractivity contribution < 1.29 is 4.39 Å². The second-order valence-corrected chi connectivity index (χ2v) is 2.48. The van der Waals surface area contributed by atoms with Crippen molar-refractivity contribution in [3.63, 3.8) is 0 Å². The van der Waals surface area contributed by atoms with Gasteiger partial charge in [-0.15, -0.1) is 0 Å². The first-order chi connectivity index (χ1) is 5.34. The van der Waals surface area contributed by atoms with Crippen molar-refractivity contribution in [3.8, 4) is 0 Å². The van der Waals surface area contributed by atoms with E-state index in [1.807, 2.05) is 12.2 Å². The second kappa shape index (κ2) is 4.09. The van der Waals surface area contributed by atoms with Crippen LogP contribution in [0.5, 0.6) is 0 Å². The Morgan fingerprint density at radius 2 is 2.27 bits per heavy atom. The summed E-state index contributed by atoms with van der Waals surface area (Å²) in [5.41, 5.74) is 6.13. The van der Waals surface area contributed by atoms with Crippen LogP contribution in [0.15, 0.2) is 35.7 Å². The van der Waals surface area contributed by atoms with Gasteiger partial charge in [0.1, 0.15) is 5.83 Å². The van der Waals surface area contributed by atoms with Crippen LogP contribution in [-0.4, -0.2) is 6.54 Å². The van der Waals surface area contributed by atoms with Crippen LogP contribution in [0, 0.1) is 0 Å². The van der Waals surface area contributed by atoms with Gasteiger partial charge in [0.25, 0.3) is 0 Å². The quantitative estimate of drug-likeness (QED) is 0.645. The monoisotopic (exact) mass is 153 g/mol. The molecular weight excluding hydrogens is 141 g/mol. The number of allylic oxidation sites excluding steroid dienone is 5. The molecule has 1 nitrogen and oxygen atoms in total. The molecule has 11 heavy (non-hydrogen) atoms. The molecule has 0 fully saturated rings. The van der Waals surface area contributed by atoms with E-state index >= 15 is 0 Å². The maximum Gasteiger partial charge on any atom is 0.122 e. The first kappa shape index (κ1) is 8.21. The van der Waals surface area contributed by atoms with Crippen molar-refractivity contribution in [1.29, 1.82) is 0 Å². The van der Waals surface area contributed by atoms with Crippen LogP contribution in [-0.2, 0) is 0 Å². The summed E-state index contributed by atoms with van der Waals surface area (Å²) in [6.07, 6.45) is 8.32. The fourth-order valence-electron chi connectivity index (χ4n) is 1.04. The number of hydrogen-bond acceptors (Lipinski definition) is 1. The van der Waals surface area contributed by atoms with E-state index in [-0.39, 0.29) is 5.83 Å². The topological polar surface area (TPSA) is 26.0 Å². The molecule has 0 atom stereocenters. The van der Waals surface area contributed by atoms with Crippen molar-refractivity contribution in [1.82, 2.24) is 0 Å².